The van der Waals surface area contributed by atoms with Crippen LogP contribution in [0, 0.1) is 0 Å². The quantitative estimate of drug-likeness (QED) is 0.664. The Morgan fingerprint density at radius 3 is 2.31 bits per heavy atom. The third kappa shape index (κ3) is 6.61. The van der Waals surface area contributed by atoms with Crippen LogP contribution in [-0.2, 0) is 14.9 Å². The van der Waals surface area contributed by atoms with Crippen LogP contribution in [0.15, 0.2) is 48.5 Å². The first-order chi connectivity index (χ1) is 13.7. The summed E-state index contributed by atoms with van der Waals surface area (Å²) >= 11 is 0. The van der Waals surface area contributed by atoms with Crippen molar-refractivity contribution in [2.24, 2.45) is 0 Å². The minimum absolute atomic E-state index is 0.0507. The molecule has 0 spiro atoms. The van der Waals surface area contributed by atoms with Gasteiger partial charge >= 0.3 is 0 Å². The molecule has 2 aromatic carbocycles. The zero-order valence-electron chi connectivity index (χ0n) is 17.7. The van der Waals surface area contributed by atoms with E-state index in [4.69, 9.17) is 9.47 Å². The molecule has 0 aliphatic heterocycles. The van der Waals surface area contributed by atoms with E-state index in [1.807, 2.05) is 24.3 Å². The average molecular weight is 399 g/mol. The van der Waals surface area contributed by atoms with Gasteiger partial charge in [-0.1, -0.05) is 45.0 Å². The molecule has 0 heterocycles. The van der Waals surface area contributed by atoms with Crippen molar-refractivity contribution in [1.82, 2.24) is 5.32 Å². The molecular formula is C23H30N2O4. The van der Waals surface area contributed by atoms with E-state index in [9.17, 15) is 9.59 Å². The molecule has 0 fully saturated rings. The van der Waals surface area contributed by atoms with Gasteiger partial charge in [0.2, 0.25) is 0 Å². The van der Waals surface area contributed by atoms with Crippen LogP contribution in [0.4, 0.5) is 5.69 Å². The molecule has 6 heteroatoms. The summed E-state index contributed by atoms with van der Waals surface area (Å²) in [6.07, 6.45) is -0.722. The smallest absolute Gasteiger partial charge is 0.265 e. The Morgan fingerprint density at radius 1 is 1.03 bits per heavy atom. The molecule has 6 nitrogen and oxygen atoms in total. The Kier molecular flexibility index (Phi) is 7.79. The summed E-state index contributed by atoms with van der Waals surface area (Å²) in [6.45, 7) is 8.90. The van der Waals surface area contributed by atoms with Crippen molar-refractivity contribution in [2.45, 2.75) is 39.2 Å². The normalized spacial score (nSPS) is 12.2. The van der Waals surface area contributed by atoms with Gasteiger partial charge in [0.1, 0.15) is 5.75 Å². The largest absolute Gasteiger partial charge is 0.481 e. The van der Waals surface area contributed by atoms with Crippen molar-refractivity contribution >= 4 is 17.5 Å². The predicted molar refractivity (Wildman–Crippen MR) is 115 cm³/mol. The van der Waals surface area contributed by atoms with Crippen LogP contribution in [0.2, 0.25) is 0 Å². The Morgan fingerprint density at radius 2 is 1.69 bits per heavy atom. The third-order valence-corrected chi connectivity index (χ3v) is 4.42. The van der Waals surface area contributed by atoms with Crippen LogP contribution >= 0.6 is 0 Å². The summed E-state index contributed by atoms with van der Waals surface area (Å²) in [6, 6.07) is 14.6. The van der Waals surface area contributed by atoms with Gasteiger partial charge in [0.25, 0.3) is 11.8 Å². The third-order valence-electron chi connectivity index (χ3n) is 4.42. The number of hydrogen-bond acceptors (Lipinski definition) is 4. The van der Waals surface area contributed by atoms with Gasteiger partial charge in [-0.3, -0.25) is 9.59 Å². The molecule has 2 rings (SSSR count). The van der Waals surface area contributed by atoms with Crippen LogP contribution < -0.4 is 15.4 Å². The first-order valence-electron chi connectivity index (χ1n) is 9.66. The molecule has 1 atom stereocenters. The molecule has 156 valence electrons. The lowest BCUT2D eigenvalue weighted by atomic mass is 9.87. The van der Waals surface area contributed by atoms with Crippen LogP contribution in [0.3, 0.4) is 0 Å². The number of carbonyl (C=O) groups excluding carboxylic acids is 2. The fraction of sp³-hybridized carbons (Fsp3) is 0.391. The number of benzene rings is 2. The van der Waals surface area contributed by atoms with Crippen molar-refractivity contribution in [3.63, 3.8) is 0 Å². The van der Waals surface area contributed by atoms with Crippen molar-refractivity contribution in [3.8, 4) is 5.75 Å². The molecule has 0 aliphatic rings. The molecule has 2 aromatic rings. The van der Waals surface area contributed by atoms with E-state index in [1.54, 1.807) is 38.3 Å². The van der Waals surface area contributed by atoms with Crippen LogP contribution in [0.1, 0.15) is 43.6 Å². The van der Waals surface area contributed by atoms with E-state index in [2.05, 4.69) is 31.4 Å². The first-order valence-corrected chi connectivity index (χ1v) is 9.66. The van der Waals surface area contributed by atoms with E-state index in [0.717, 1.165) is 0 Å². The van der Waals surface area contributed by atoms with E-state index in [-0.39, 0.29) is 17.2 Å². The number of methoxy groups -OCH3 is 1. The second kappa shape index (κ2) is 10.1. The highest BCUT2D eigenvalue weighted by Gasteiger charge is 2.19. The van der Waals surface area contributed by atoms with Crippen molar-refractivity contribution in [3.05, 3.63) is 59.7 Å². The van der Waals surface area contributed by atoms with Crippen LogP contribution in [-0.4, -0.2) is 38.2 Å². The van der Waals surface area contributed by atoms with Crippen LogP contribution in [0.5, 0.6) is 5.75 Å². The minimum Gasteiger partial charge on any atom is -0.481 e. The maximum Gasteiger partial charge on any atom is 0.265 e. The van der Waals surface area contributed by atoms with Gasteiger partial charge in [-0.05, 0) is 42.2 Å². The van der Waals surface area contributed by atoms with Crippen LogP contribution in [0.25, 0.3) is 0 Å². The standard InChI is InChI=1S/C23H30N2O4/c1-16(29-18-12-10-17(11-13-18)23(2,3)4)21(26)25-20-9-7-6-8-19(20)22(27)24-14-15-28-5/h6-13,16H,14-15H2,1-5H3,(H,24,27)(H,25,26)/t16-/m0/s1. The number of para-hydroxylation sites is 1. The molecule has 2 N–H and O–H groups in total. The van der Waals surface area contributed by atoms with E-state index < -0.39 is 6.10 Å². The molecule has 0 saturated carbocycles. The summed E-state index contributed by atoms with van der Waals surface area (Å²) in [5.74, 6) is 0.0116. The van der Waals surface area contributed by atoms with Gasteiger partial charge in [-0.2, -0.15) is 0 Å². The monoisotopic (exact) mass is 398 g/mol. The van der Waals surface area contributed by atoms with Gasteiger partial charge in [0.15, 0.2) is 6.10 Å². The van der Waals surface area contributed by atoms with Crippen molar-refractivity contribution < 1.29 is 19.1 Å². The summed E-state index contributed by atoms with van der Waals surface area (Å²) in [5, 5.41) is 5.53. The first kappa shape index (κ1) is 22.4. The minimum atomic E-state index is -0.722. The topological polar surface area (TPSA) is 76.7 Å². The number of nitrogens with one attached hydrogen (secondary N) is 2. The lowest BCUT2D eigenvalue weighted by molar-refractivity contribution is -0.122. The fourth-order valence-electron chi connectivity index (χ4n) is 2.68. The van der Waals surface area contributed by atoms with Gasteiger partial charge in [-0.15, -0.1) is 0 Å². The molecule has 2 amide bonds. The van der Waals surface area contributed by atoms with Crippen molar-refractivity contribution in [2.75, 3.05) is 25.6 Å². The predicted octanol–water partition coefficient (Wildman–Crippen LogP) is 3.77. The Bertz CT molecular complexity index is 826. The number of amides is 2. The number of hydrogen-bond donors (Lipinski definition) is 2. The summed E-state index contributed by atoms with van der Waals surface area (Å²) in [5.41, 5.74) is 2.06. The SMILES string of the molecule is COCCNC(=O)c1ccccc1NC(=O)[C@H](C)Oc1ccc(C(C)(C)C)cc1. The summed E-state index contributed by atoms with van der Waals surface area (Å²) < 4.78 is 10.7. The summed E-state index contributed by atoms with van der Waals surface area (Å²) in [4.78, 5) is 24.9. The second-order valence-electron chi connectivity index (χ2n) is 7.82. The van der Waals surface area contributed by atoms with Crippen molar-refractivity contribution in [1.29, 1.82) is 0 Å². The van der Waals surface area contributed by atoms with Gasteiger partial charge in [0.05, 0.1) is 17.9 Å². The molecule has 0 aliphatic carbocycles. The average Bonchev–Trinajstić information content (AvgIpc) is 2.68. The number of anilines is 1. The lowest BCUT2D eigenvalue weighted by Crippen LogP contribution is -2.32. The zero-order valence-corrected chi connectivity index (χ0v) is 17.7. The number of ether oxygens (including phenoxy) is 2. The van der Waals surface area contributed by atoms with E-state index in [1.165, 1.54) is 5.56 Å². The highest BCUT2D eigenvalue weighted by atomic mass is 16.5. The molecular weight excluding hydrogens is 368 g/mol. The van der Waals surface area contributed by atoms with E-state index >= 15 is 0 Å². The second-order valence-corrected chi connectivity index (χ2v) is 7.82. The molecule has 0 aromatic heterocycles. The fourth-order valence-corrected chi connectivity index (χ4v) is 2.68. The molecule has 0 radical (unpaired) electrons. The Hall–Kier alpha value is -2.86. The molecule has 0 unspecified atom stereocenters. The van der Waals surface area contributed by atoms with Gasteiger partial charge in [-0.25, -0.2) is 0 Å². The Balaban J connectivity index is 2.02. The van der Waals surface area contributed by atoms with E-state index in [0.29, 0.717) is 30.2 Å². The molecule has 0 bridgehead atoms. The maximum absolute atomic E-state index is 12.6. The lowest BCUT2D eigenvalue weighted by Gasteiger charge is -2.20. The summed E-state index contributed by atoms with van der Waals surface area (Å²) in [7, 11) is 1.57. The van der Waals surface area contributed by atoms with Gasteiger partial charge in [0, 0.05) is 13.7 Å². The maximum atomic E-state index is 12.6. The van der Waals surface area contributed by atoms with Gasteiger partial charge < -0.3 is 20.1 Å². The Labute approximate surface area is 172 Å². The molecule has 29 heavy (non-hydrogen) atoms. The highest BCUT2D eigenvalue weighted by Crippen LogP contribution is 2.25. The number of rotatable bonds is 8. The zero-order chi connectivity index (χ0) is 21.4. The molecule has 0 saturated heterocycles. The number of carbonyl (C=O) groups is 2. The highest BCUT2D eigenvalue weighted by molar-refractivity contribution is 6.04.